The zero-order valence-corrected chi connectivity index (χ0v) is 5.48. The number of hydrazine groups is 1. The van der Waals surface area contributed by atoms with Crippen molar-refractivity contribution in [3.8, 4) is 0 Å². The van der Waals surface area contributed by atoms with Crippen molar-refractivity contribution in [2.75, 3.05) is 6.54 Å². The summed E-state index contributed by atoms with van der Waals surface area (Å²) >= 11 is 0. The van der Waals surface area contributed by atoms with Crippen molar-refractivity contribution in [1.82, 2.24) is 10.9 Å². The van der Waals surface area contributed by atoms with E-state index in [1.165, 1.54) is 5.57 Å². The van der Waals surface area contributed by atoms with E-state index in [4.69, 9.17) is 0 Å². The van der Waals surface area contributed by atoms with Crippen LogP contribution in [-0.2, 0) is 4.79 Å². The van der Waals surface area contributed by atoms with Gasteiger partial charge in [-0.3, -0.25) is 10.2 Å². The van der Waals surface area contributed by atoms with E-state index >= 15 is 0 Å². The maximum Gasteiger partial charge on any atom is 0.178 e. The Labute approximate surface area is 58.5 Å². The summed E-state index contributed by atoms with van der Waals surface area (Å²) in [5, 5.41) is 0. The molecule has 1 saturated heterocycles. The van der Waals surface area contributed by atoms with Crippen LogP contribution in [0.2, 0.25) is 0 Å². The summed E-state index contributed by atoms with van der Waals surface area (Å²) < 4.78 is 0. The molecule has 0 spiro atoms. The first-order chi connectivity index (χ1) is 4.88. The van der Waals surface area contributed by atoms with E-state index in [2.05, 4.69) is 10.9 Å². The zero-order valence-electron chi connectivity index (χ0n) is 5.48. The number of rotatable bonds is 0. The number of carbonyl (C=O) groups is 1. The number of carbonyl (C=O) groups excluding carboxylic acids is 1. The number of Topliss-reactive ketones (excluding diaryl/α,β-unsaturated/α-hetero) is 1. The number of hydrogen-bond donors (Lipinski definition) is 2. The van der Waals surface area contributed by atoms with Gasteiger partial charge in [-0.2, -0.15) is 0 Å². The summed E-state index contributed by atoms with van der Waals surface area (Å²) in [6.07, 6.45) is 1.00. The molecule has 0 aromatic rings. The highest BCUT2D eigenvalue weighted by Gasteiger charge is 2.51. The van der Waals surface area contributed by atoms with E-state index < -0.39 is 0 Å². The first-order valence-corrected chi connectivity index (χ1v) is 3.62. The van der Waals surface area contributed by atoms with E-state index in [0.29, 0.717) is 11.7 Å². The molecule has 2 aliphatic carbocycles. The van der Waals surface area contributed by atoms with Crippen LogP contribution in [0.25, 0.3) is 0 Å². The molecule has 2 unspecified atom stereocenters. The van der Waals surface area contributed by atoms with Crippen molar-refractivity contribution in [2.24, 2.45) is 5.92 Å². The minimum atomic E-state index is 0.0961. The van der Waals surface area contributed by atoms with Crippen molar-refractivity contribution < 1.29 is 4.79 Å². The van der Waals surface area contributed by atoms with E-state index in [9.17, 15) is 4.79 Å². The molecule has 0 bridgehead atoms. The number of ketones is 1. The maximum atomic E-state index is 11.3. The molecule has 3 rings (SSSR count). The molecule has 1 fully saturated rings. The topological polar surface area (TPSA) is 41.1 Å². The number of hydrogen-bond acceptors (Lipinski definition) is 3. The highest BCUT2D eigenvalue weighted by atomic mass is 16.1. The van der Waals surface area contributed by atoms with Gasteiger partial charge in [-0.1, -0.05) is 5.57 Å². The minimum Gasteiger partial charge on any atom is -0.293 e. The van der Waals surface area contributed by atoms with Gasteiger partial charge in [0.25, 0.3) is 0 Å². The molecule has 0 radical (unpaired) electrons. The lowest BCUT2D eigenvalue weighted by atomic mass is 9.98. The molecule has 1 aliphatic heterocycles. The Morgan fingerprint density at radius 1 is 1.50 bits per heavy atom. The van der Waals surface area contributed by atoms with Crippen LogP contribution < -0.4 is 10.9 Å². The lowest BCUT2D eigenvalue weighted by Crippen LogP contribution is -2.36. The molecular formula is C7H8N2O. The molecule has 10 heavy (non-hydrogen) atoms. The highest BCUT2D eigenvalue weighted by Crippen LogP contribution is 2.47. The van der Waals surface area contributed by atoms with Gasteiger partial charge in [-0.25, -0.2) is 5.43 Å². The first-order valence-electron chi connectivity index (χ1n) is 3.62. The molecule has 0 aromatic heterocycles. The maximum absolute atomic E-state index is 11.3. The van der Waals surface area contributed by atoms with Crippen LogP contribution in [0.4, 0.5) is 0 Å². The van der Waals surface area contributed by atoms with E-state index in [1.54, 1.807) is 0 Å². The Bertz CT molecular complexity index is 254. The summed E-state index contributed by atoms with van der Waals surface area (Å²) in [5.74, 6) is 0.840. The third kappa shape index (κ3) is 0.393. The zero-order chi connectivity index (χ0) is 6.72. The summed E-state index contributed by atoms with van der Waals surface area (Å²) in [7, 11) is 0. The van der Waals surface area contributed by atoms with Crippen LogP contribution in [0.3, 0.4) is 0 Å². The average Bonchev–Trinajstić information content (AvgIpc) is 2.48. The fraction of sp³-hybridized carbons (Fsp3) is 0.571. The van der Waals surface area contributed by atoms with Gasteiger partial charge in [0, 0.05) is 18.0 Å². The quantitative estimate of drug-likeness (QED) is 0.465. The molecule has 2 atom stereocenters. The predicted octanol–water partition coefficient (Wildman–Crippen LogP) is -0.638. The Kier molecular flexibility index (Phi) is 0.672. The minimum absolute atomic E-state index is 0.0961. The standard InChI is InChI=1S/C7H8N2O/c10-7-4-1-3(4)5-2-8-9-6(5)7/h5-6,8-9H,1-2H2. The van der Waals surface area contributed by atoms with Gasteiger partial charge in [0.2, 0.25) is 0 Å². The van der Waals surface area contributed by atoms with Gasteiger partial charge >= 0.3 is 0 Å². The van der Waals surface area contributed by atoms with Crippen molar-refractivity contribution >= 4 is 5.78 Å². The lowest BCUT2D eigenvalue weighted by molar-refractivity contribution is -0.117. The molecule has 0 amide bonds. The summed E-state index contributed by atoms with van der Waals surface area (Å²) in [6.45, 7) is 0.940. The first kappa shape index (κ1) is 5.04. The summed E-state index contributed by atoms with van der Waals surface area (Å²) in [5.41, 5.74) is 8.52. The molecule has 3 nitrogen and oxygen atoms in total. The van der Waals surface area contributed by atoms with Gasteiger partial charge in [0.05, 0.1) is 6.04 Å². The Balaban J connectivity index is 2.05. The molecule has 0 saturated carbocycles. The SMILES string of the molecule is O=C1C2=C(C2)C2CNNC12. The van der Waals surface area contributed by atoms with Crippen LogP contribution >= 0.6 is 0 Å². The van der Waals surface area contributed by atoms with E-state index in [0.717, 1.165) is 18.5 Å². The monoisotopic (exact) mass is 136 g/mol. The van der Waals surface area contributed by atoms with Crippen molar-refractivity contribution in [3.05, 3.63) is 11.1 Å². The van der Waals surface area contributed by atoms with Gasteiger partial charge < -0.3 is 0 Å². The molecule has 3 aliphatic rings. The van der Waals surface area contributed by atoms with Crippen molar-refractivity contribution in [2.45, 2.75) is 12.5 Å². The van der Waals surface area contributed by atoms with Gasteiger partial charge in [-0.05, 0) is 6.42 Å². The van der Waals surface area contributed by atoms with Gasteiger partial charge in [-0.15, -0.1) is 0 Å². The van der Waals surface area contributed by atoms with Crippen LogP contribution in [-0.4, -0.2) is 18.4 Å². The normalized spacial score (nSPS) is 42.2. The molecule has 52 valence electrons. The Morgan fingerprint density at radius 3 is 3.20 bits per heavy atom. The smallest absolute Gasteiger partial charge is 0.178 e. The fourth-order valence-electron chi connectivity index (χ4n) is 2.00. The van der Waals surface area contributed by atoms with Crippen LogP contribution in [0.5, 0.6) is 0 Å². The van der Waals surface area contributed by atoms with Gasteiger partial charge in [0.1, 0.15) is 0 Å². The van der Waals surface area contributed by atoms with E-state index in [1.807, 2.05) is 0 Å². The summed E-state index contributed by atoms with van der Waals surface area (Å²) in [6, 6.07) is 0.0961. The van der Waals surface area contributed by atoms with Crippen LogP contribution in [0.1, 0.15) is 6.42 Å². The van der Waals surface area contributed by atoms with E-state index in [-0.39, 0.29) is 6.04 Å². The molecular weight excluding hydrogens is 128 g/mol. The molecule has 0 aromatic carbocycles. The Hall–Kier alpha value is -0.670. The van der Waals surface area contributed by atoms with Gasteiger partial charge in [0.15, 0.2) is 5.78 Å². The third-order valence-electron chi connectivity index (χ3n) is 2.64. The fourth-order valence-corrected chi connectivity index (χ4v) is 2.00. The predicted molar refractivity (Wildman–Crippen MR) is 35.1 cm³/mol. The highest BCUT2D eigenvalue weighted by molar-refractivity contribution is 6.08. The molecule has 1 heterocycles. The second-order valence-corrected chi connectivity index (χ2v) is 3.15. The molecule has 3 heteroatoms. The number of nitrogens with one attached hydrogen (secondary N) is 2. The number of fused-ring (bicyclic) bond motifs is 2. The largest absolute Gasteiger partial charge is 0.293 e. The van der Waals surface area contributed by atoms with Crippen molar-refractivity contribution in [1.29, 1.82) is 0 Å². The Morgan fingerprint density at radius 2 is 2.40 bits per heavy atom. The second-order valence-electron chi connectivity index (χ2n) is 3.15. The van der Waals surface area contributed by atoms with Crippen LogP contribution in [0.15, 0.2) is 11.1 Å². The van der Waals surface area contributed by atoms with Crippen molar-refractivity contribution in [3.63, 3.8) is 0 Å². The molecule has 2 N–H and O–H groups in total. The van der Waals surface area contributed by atoms with Crippen LogP contribution in [0, 0.1) is 5.92 Å². The third-order valence-corrected chi connectivity index (χ3v) is 2.64. The lowest BCUT2D eigenvalue weighted by Gasteiger charge is -2.09. The second kappa shape index (κ2) is 1.33. The summed E-state index contributed by atoms with van der Waals surface area (Å²) in [4.78, 5) is 11.3. The average molecular weight is 136 g/mol.